The van der Waals surface area contributed by atoms with E-state index in [0.29, 0.717) is 24.3 Å². The zero-order chi connectivity index (χ0) is 13.8. The summed E-state index contributed by atoms with van der Waals surface area (Å²) in [5.41, 5.74) is 1.18. The summed E-state index contributed by atoms with van der Waals surface area (Å²) in [6.45, 7) is 0.751. The second kappa shape index (κ2) is 6.23. The Bertz CT molecular complexity index is 603. The molecule has 1 heterocycles. The fourth-order valence-corrected chi connectivity index (χ4v) is 2.55. The highest BCUT2D eigenvalue weighted by molar-refractivity contribution is 9.10. The minimum atomic E-state index is -1.03. The van der Waals surface area contributed by atoms with Crippen molar-refractivity contribution in [2.24, 2.45) is 0 Å². The fraction of sp³-hybridized carbons (Fsp3) is 0.167. The van der Waals surface area contributed by atoms with Crippen LogP contribution in [0.5, 0.6) is 0 Å². The number of hydrogen-bond donors (Lipinski definition) is 2. The molecule has 2 N–H and O–H groups in total. The number of benzene rings is 1. The van der Waals surface area contributed by atoms with Crippen LogP contribution in [-0.4, -0.2) is 16.1 Å². The van der Waals surface area contributed by atoms with Crippen LogP contribution >= 0.6 is 27.3 Å². The molecule has 0 amide bonds. The lowest BCUT2D eigenvalue weighted by atomic mass is 10.2. The van der Waals surface area contributed by atoms with Crippen molar-refractivity contribution < 1.29 is 14.3 Å². The molecule has 0 radical (unpaired) electrons. The van der Waals surface area contributed by atoms with E-state index < -0.39 is 5.97 Å². The first kappa shape index (κ1) is 14.1. The quantitative estimate of drug-likeness (QED) is 0.875. The van der Waals surface area contributed by atoms with Gasteiger partial charge in [-0.25, -0.2) is 14.2 Å². The van der Waals surface area contributed by atoms with Crippen LogP contribution in [0.25, 0.3) is 0 Å². The Morgan fingerprint density at radius 1 is 1.47 bits per heavy atom. The summed E-state index contributed by atoms with van der Waals surface area (Å²) >= 11 is 4.36. The average Bonchev–Trinajstić information content (AvgIpc) is 2.82. The SMILES string of the molecule is O=C(O)c1nc(CNCc2cc(Br)ccc2F)cs1. The number of carboxylic acids is 1. The highest BCUT2D eigenvalue weighted by atomic mass is 79.9. The maximum absolute atomic E-state index is 13.5. The van der Waals surface area contributed by atoms with Gasteiger partial charge in [0.25, 0.3) is 0 Å². The van der Waals surface area contributed by atoms with Crippen molar-refractivity contribution in [1.29, 1.82) is 0 Å². The number of halogens is 2. The molecule has 0 aliphatic heterocycles. The molecule has 1 aromatic heterocycles. The molecule has 0 aliphatic rings. The highest BCUT2D eigenvalue weighted by Gasteiger charge is 2.09. The van der Waals surface area contributed by atoms with E-state index in [0.717, 1.165) is 15.8 Å². The monoisotopic (exact) mass is 344 g/mol. The maximum Gasteiger partial charge on any atom is 0.365 e. The van der Waals surface area contributed by atoms with Crippen LogP contribution in [-0.2, 0) is 13.1 Å². The molecule has 100 valence electrons. The van der Waals surface area contributed by atoms with Gasteiger partial charge in [0.2, 0.25) is 5.01 Å². The Kier molecular flexibility index (Phi) is 4.62. The molecular weight excluding hydrogens is 335 g/mol. The Morgan fingerprint density at radius 3 is 2.95 bits per heavy atom. The van der Waals surface area contributed by atoms with Crippen LogP contribution < -0.4 is 5.32 Å². The van der Waals surface area contributed by atoms with Gasteiger partial charge in [-0.15, -0.1) is 11.3 Å². The first-order chi connectivity index (χ1) is 9.06. The Balaban J connectivity index is 1.92. The smallest absolute Gasteiger partial charge is 0.365 e. The van der Waals surface area contributed by atoms with E-state index in [2.05, 4.69) is 26.2 Å². The van der Waals surface area contributed by atoms with E-state index in [1.807, 2.05) is 0 Å². The average molecular weight is 345 g/mol. The van der Waals surface area contributed by atoms with E-state index in [9.17, 15) is 9.18 Å². The topological polar surface area (TPSA) is 62.2 Å². The van der Waals surface area contributed by atoms with Crippen molar-refractivity contribution >= 4 is 33.2 Å². The van der Waals surface area contributed by atoms with Crippen molar-refractivity contribution in [3.63, 3.8) is 0 Å². The van der Waals surface area contributed by atoms with Crippen LogP contribution in [0.1, 0.15) is 21.1 Å². The summed E-state index contributed by atoms with van der Waals surface area (Å²) < 4.78 is 14.3. The van der Waals surface area contributed by atoms with Gasteiger partial charge in [-0.2, -0.15) is 0 Å². The van der Waals surface area contributed by atoms with Gasteiger partial charge < -0.3 is 10.4 Å². The lowest BCUT2D eigenvalue weighted by Gasteiger charge is -2.05. The largest absolute Gasteiger partial charge is 0.476 e. The number of hydrogen-bond acceptors (Lipinski definition) is 4. The van der Waals surface area contributed by atoms with Crippen LogP contribution in [0, 0.1) is 5.82 Å². The minimum Gasteiger partial charge on any atom is -0.476 e. The molecule has 0 bridgehead atoms. The number of nitrogens with zero attached hydrogens (tertiary/aromatic N) is 1. The summed E-state index contributed by atoms with van der Waals surface area (Å²) in [6.07, 6.45) is 0. The van der Waals surface area contributed by atoms with Gasteiger partial charge in [-0.3, -0.25) is 0 Å². The molecule has 7 heteroatoms. The van der Waals surface area contributed by atoms with E-state index in [-0.39, 0.29) is 10.8 Å². The summed E-state index contributed by atoms with van der Waals surface area (Å²) in [5, 5.41) is 13.5. The van der Waals surface area contributed by atoms with Crippen molar-refractivity contribution in [3.05, 3.63) is 50.1 Å². The molecular formula is C12H10BrFN2O2S. The van der Waals surface area contributed by atoms with Crippen molar-refractivity contribution in [2.75, 3.05) is 0 Å². The Labute approximate surface area is 121 Å². The molecule has 0 aliphatic carbocycles. The number of nitrogens with one attached hydrogen (secondary N) is 1. The molecule has 4 nitrogen and oxygen atoms in total. The normalized spacial score (nSPS) is 10.6. The van der Waals surface area contributed by atoms with Gasteiger partial charge in [-0.1, -0.05) is 15.9 Å². The Hall–Kier alpha value is -1.31. The van der Waals surface area contributed by atoms with Gasteiger partial charge in [-0.05, 0) is 18.2 Å². The number of aromatic carboxylic acids is 1. The van der Waals surface area contributed by atoms with E-state index >= 15 is 0 Å². The van der Waals surface area contributed by atoms with Crippen molar-refractivity contribution in [1.82, 2.24) is 10.3 Å². The molecule has 2 aromatic rings. The van der Waals surface area contributed by atoms with Gasteiger partial charge >= 0.3 is 5.97 Å². The predicted octanol–water partition coefficient (Wildman–Crippen LogP) is 3.03. The summed E-state index contributed by atoms with van der Waals surface area (Å²) in [7, 11) is 0. The van der Waals surface area contributed by atoms with Gasteiger partial charge in [0.05, 0.1) is 5.69 Å². The zero-order valence-electron chi connectivity index (χ0n) is 9.69. The molecule has 0 saturated carbocycles. The van der Waals surface area contributed by atoms with Gasteiger partial charge in [0.1, 0.15) is 5.82 Å². The standard InChI is InChI=1S/C12H10BrFN2O2S/c13-8-1-2-10(14)7(3-8)4-15-5-9-6-19-11(16-9)12(17)18/h1-3,6,15H,4-5H2,(H,17,18). The minimum absolute atomic E-state index is 0.0606. The van der Waals surface area contributed by atoms with Crippen LogP contribution in [0.4, 0.5) is 4.39 Å². The molecule has 0 saturated heterocycles. The van der Waals surface area contributed by atoms with Crippen LogP contribution in [0.15, 0.2) is 28.1 Å². The molecule has 1 aromatic carbocycles. The Morgan fingerprint density at radius 2 is 2.26 bits per heavy atom. The van der Waals surface area contributed by atoms with E-state index in [1.54, 1.807) is 17.5 Å². The summed E-state index contributed by atoms with van der Waals surface area (Å²) in [6, 6.07) is 4.73. The predicted molar refractivity (Wildman–Crippen MR) is 73.7 cm³/mol. The number of rotatable bonds is 5. The molecule has 0 fully saturated rings. The molecule has 0 atom stereocenters. The first-order valence-electron chi connectivity index (χ1n) is 5.38. The third-order valence-corrected chi connectivity index (χ3v) is 3.74. The number of carbonyl (C=O) groups is 1. The third kappa shape index (κ3) is 3.82. The number of aromatic nitrogens is 1. The number of carboxylic acid groups (broad SMARTS) is 1. The molecule has 2 rings (SSSR count). The third-order valence-electron chi connectivity index (χ3n) is 2.36. The second-order valence-corrected chi connectivity index (χ2v) is 5.56. The lowest BCUT2D eigenvalue weighted by Crippen LogP contribution is -2.14. The molecule has 19 heavy (non-hydrogen) atoms. The molecule has 0 unspecified atom stereocenters. The van der Waals surface area contributed by atoms with Crippen LogP contribution in [0.3, 0.4) is 0 Å². The molecule has 0 spiro atoms. The highest BCUT2D eigenvalue weighted by Crippen LogP contribution is 2.15. The van der Waals surface area contributed by atoms with E-state index in [4.69, 9.17) is 5.11 Å². The van der Waals surface area contributed by atoms with Gasteiger partial charge in [0.15, 0.2) is 0 Å². The summed E-state index contributed by atoms with van der Waals surface area (Å²) in [4.78, 5) is 14.6. The number of thiazole rings is 1. The van der Waals surface area contributed by atoms with Crippen LogP contribution in [0.2, 0.25) is 0 Å². The van der Waals surface area contributed by atoms with E-state index in [1.165, 1.54) is 6.07 Å². The fourth-order valence-electron chi connectivity index (χ4n) is 1.49. The van der Waals surface area contributed by atoms with Crippen molar-refractivity contribution in [2.45, 2.75) is 13.1 Å². The first-order valence-corrected chi connectivity index (χ1v) is 7.06. The lowest BCUT2D eigenvalue weighted by molar-refractivity contribution is 0.0696. The van der Waals surface area contributed by atoms with Crippen molar-refractivity contribution in [3.8, 4) is 0 Å². The summed E-state index contributed by atoms with van der Waals surface area (Å²) in [5.74, 6) is -1.31. The zero-order valence-corrected chi connectivity index (χ0v) is 12.1. The second-order valence-electron chi connectivity index (χ2n) is 3.79. The van der Waals surface area contributed by atoms with Gasteiger partial charge in [0, 0.05) is 28.5 Å². The maximum atomic E-state index is 13.5.